The van der Waals surface area contributed by atoms with Crippen LogP contribution in [0.15, 0.2) is 91.0 Å². The number of rotatable bonds is 1. The van der Waals surface area contributed by atoms with Gasteiger partial charge in [-0.3, -0.25) is 14.4 Å². The molecule has 0 aliphatic heterocycles. The Morgan fingerprint density at radius 2 is 0.639 bits per heavy atom. The minimum atomic E-state index is -0.380. The smallest absolute Gasteiger partial charge is 0.216 e. The molecule has 0 aliphatic rings. The van der Waals surface area contributed by atoms with Gasteiger partial charge < -0.3 is 10.1 Å². The number of nitrogens with one attached hydrogen (secondary N) is 1. The maximum absolute atomic E-state index is 9.79. The fourth-order valence-corrected chi connectivity index (χ4v) is 1.60. The molecule has 0 spiro atoms. The van der Waals surface area contributed by atoms with E-state index >= 15 is 0 Å². The number of Topliss-reactive ketones (excluding diaryl/α,β-unsaturated/α-hetero) is 3. The van der Waals surface area contributed by atoms with Crippen LogP contribution in [-0.2, 0) is 19.2 Å². The van der Waals surface area contributed by atoms with Gasteiger partial charge in [0.05, 0.1) is 0 Å². The predicted molar refractivity (Wildman–Crippen MR) is 151 cm³/mol. The van der Waals surface area contributed by atoms with Crippen molar-refractivity contribution in [1.29, 1.82) is 0 Å². The van der Waals surface area contributed by atoms with Crippen LogP contribution >= 0.6 is 0 Å². The van der Waals surface area contributed by atoms with Gasteiger partial charge in [0.25, 0.3) is 0 Å². The van der Waals surface area contributed by atoms with Gasteiger partial charge in [0.15, 0.2) is 11.6 Å². The highest BCUT2D eigenvalue weighted by Crippen LogP contribution is 1.93. The minimum absolute atomic E-state index is 0.00463. The Bertz CT molecular complexity index is 848. The Morgan fingerprint density at radius 3 is 0.694 bits per heavy atom. The average molecular weight is 494 g/mol. The lowest BCUT2D eigenvalue weighted by molar-refractivity contribution is -0.134. The number of carbonyl (C=O) groups is 4. The molecule has 0 radical (unpaired) electrons. The maximum atomic E-state index is 9.79. The number of ketones is 3. The molecule has 0 aliphatic carbocycles. The summed E-state index contributed by atoms with van der Waals surface area (Å²) in [7, 11) is 1.60. The topological polar surface area (TPSA) is 80.3 Å². The largest absolute Gasteiger partial charge is 0.359 e. The second-order valence-corrected chi connectivity index (χ2v) is 7.79. The number of aryl methyl sites for hydroxylation is 3. The third-order valence-electron chi connectivity index (χ3n) is 3.67. The van der Waals surface area contributed by atoms with Gasteiger partial charge in [0.1, 0.15) is 5.78 Å². The minimum Gasteiger partial charge on any atom is -0.359 e. The molecule has 0 aromatic heterocycles. The van der Waals surface area contributed by atoms with Crippen molar-refractivity contribution in [3.63, 3.8) is 0 Å². The highest BCUT2D eigenvalue weighted by molar-refractivity contribution is 6.35. The summed E-state index contributed by atoms with van der Waals surface area (Å²) in [6, 6.07) is 30.8. The van der Waals surface area contributed by atoms with E-state index in [1.165, 1.54) is 51.3 Å². The standard InChI is InChI=1S/3C7H8.C4H6O2.C3H7NO.C3H6O/c3*1-7-5-3-2-4-6-7;1-3(5)4(2)6;1-3(5)4-2;1-3(2)4/h3*2-6H,1H3;1-2H3;1-2H3,(H,4,5);1-2H3. The zero-order valence-corrected chi connectivity index (χ0v) is 23.3. The quantitative estimate of drug-likeness (QED) is 0.393. The van der Waals surface area contributed by atoms with Crippen LogP contribution in [0, 0.1) is 20.8 Å². The molecule has 3 aromatic carbocycles. The lowest BCUT2D eigenvalue weighted by atomic mass is 10.2. The van der Waals surface area contributed by atoms with Crippen LogP contribution in [0.4, 0.5) is 0 Å². The molecule has 0 saturated carbocycles. The summed E-state index contributed by atoms with van der Waals surface area (Å²) in [5.41, 5.74) is 3.97. The van der Waals surface area contributed by atoms with Crippen LogP contribution in [0.3, 0.4) is 0 Å². The van der Waals surface area contributed by atoms with E-state index in [0.29, 0.717) is 0 Å². The number of amides is 1. The van der Waals surface area contributed by atoms with Crippen LogP contribution < -0.4 is 5.32 Å². The highest BCUT2D eigenvalue weighted by atomic mass is 16.2. The Morgan fingerprint density at radius 1 is 0.472 bits per heavy atom. The number of benzene rings is 3. The molecule has 0 heterocycles. The average Bonchev–Trinajstić information content (AvgIpc) is 2.82. The molecule has 5 heteroatoms. The summed E-state index contributed by atoms with van der Waals surface area (Å²) in [6.07, 6.45) is 0. The van der Waals surface area contributed by atoms with E-state index in [2.05, 4.69) is 62.5 Å². The monoisotopic (exact) mass is 493 g/mol. The first-order valence-corrected chi connectivity index (χ1v) is 11.5. The molecule has 0 saturated heterocycles. The number of carbonyl (C=O) groups excluding carboxylic acids is 4. The van der Waals surface area contributed by atoms with Gasteiger partial charge in [0.2, 0.25) is 5.91 Å². The van der Waals surface area contributed by atoms with Gasteiger partial charge in [-0.25, -0.2) is 0 Å². The molecule has 1 N–H and O–H groups in total. The van der Waals surface area contributed by atoms with Crippen molar-refractivity contribution in [2.24, 2.45) is 0 Å². The fourth-order valence-electron chi connectivity index (χ4n) is 1.60. The fraction of sp³-hybridized carbons (Fsp3) is 0.290. The van der Waals surface area contributed by atoms with Crippen molar-refractivity contribution in [3.05, 3.63) is 108 Å². The van der Waals surface area contributed by atoms with E-state index in [0.717, 1.165) is 0 Å². The highest BCUT2D eigenvalue weighted by Gasteiger charge is 1.94. The SMILES string of the molecule is CC(=O)C(C)=O.CC(C)=O.CNC(C)=O.Cc1ccccc1.Cc1ccccc1.Cc1ccccc1. The van der Waals surface area contributed by atoms with Crippen molar-refractivity contribution in [1.82, 2.24) is 5.32 Å². The molecule has 0 unspecified atom stereocenters. The van der Waals surface area contributed by atoms with Crippen molar-refractivity contribution in [2.45, 2.75) is 55.4 Å². The summed E-state index contributed by atoms with van der Waals surface area (Å²) < 4.78 is 0. The van der Waals surface area contributed by atoms with E-state index in [9.17, 15) is 19.2 Å². The molecule has 3 aromatic rings. The Labute approximate surface area is 218 Å². The maximum Gasteiger partial charge on any atom is 0.216 e. The van der Waals surface area contributed by atoms with E-state index < -0.39 is 0 Å². The van der Waals surface area contributed by atoms with Crippen molar-refractivity contribution >= 4 is 23.3 Å². The Kier molecular flexibility index (Phi) is 26.3. The third-order valence-corrected chi connectivity index (χ3v) is 3.67. The summed E-state index contributed by atoms with van der Waals surface area (Å²) in [5, 5.41) is 2.39. The van der Waals surface area contributed by atoms with Crippen LogP contribution in [0.1, 0.15) is 51.3 Å². The van der Waals surface area contributed by atoms with Gasteiger partial charge in [-0.05, 0) is 34.6 Å². The van der Waals surface area contributed by atoms with Gasteiger partial charge in [-0.1, -0.05) is 108 Å². The zero-order valence-electron chi connectivity index (χ0n) is 23.3. The third kappa shape index (κ3) is 37.5. The lowest BCUT2D eigenvalue weighted by Crippen LogP contribution is -2.11. The Balaban J connectivity index is -0.000000367. The second kappa shape index (κ2) is 25.8. The van der Waals surface area contributed by atoms with E-state index in [1.807, 2.05) is 54.6 Å². The molecular weight excluding hydrogens is 450 g/mol. The van der Waals surface area contributed by atoms with E-state index in [-0.39, 0.29) is 23.3 Å². The normalized spacial score (nSPS) is 8.03. The first kappa shape index (κ1) is 36.7. The van der Waals surface area contributed by atoms with Gasteiger partial charge >= 0.3 is 0 Å². The van der Waals surface area contributed by atoms with Crippen LogP contribution in [-0.4, -0.2) is 30.3 Å². The van der Waals surface area contributed by atoms with Crippen molar-refractivity contribution in [3.8, 4) is 0 Å². The summed E-state index contributed by atoms with van der Waals surface area (Å²) in [6.45, 7) is 13.3. The molecular formula is C31H43NO4. The Hall–Kier alpha value is -3.86. The first-order valence-electron chi connectivity index (χ1n) is 11.5. The van der Waals surface area contributed by atoms with E-state index in [1.54, 1.807) is 7.05 Å². The molecule has 0 fully saturated rings. The van der Waals surface area contributed by atoms with Crippen LogP contribution in [0.2, 0.25) is 0 Å². The predicted octanol–water partition coefficient (Wildman–Crippen LogP) is 6.50. The lowest BCUT2D eigenvalue weighted by Gasteiger charge is -1.82. The molecule has 196 valence electrons. The molecule has 36 heavy (non-hydrogen) atoms. The van der Waals surface area contributed by atoms with Crippen molar-refractivity contribution in [2.75, 3.05) is 7.05 Å². The van der Waals surface area contributed by atoms with Gasteiger partial charge in [-0.2, -0.15) is 0 Å². The van der Waals surface area contributed by atoms with Gasteiger partial charge in [0, 0.05) is 27.8 Å². The molecule has 5 nitrogen and oxygen atoms in total. The second-order valence-electron chi connectivity index (χ2n) is 7.79. The number of hydrogen-bond acceptors (Lipinski definition) is 4. The molecule has 0 atom stereocenters. The van der Waals surface area contributed by atoms with Crippen molar-refractivity contribution < 1.29 is 19.2 Å². The first-order chi connectivity index (χ1) is 16.8. The number of hydrogen-bond donors (Lipinski definition) is 1. The molecule has 0 bridgehead atoms. The molecule has 1 amide bonds. The van der Waals surface area contributed by atoms with Crippen LogP contribution in [0.5, 0.6) is 0 Å². The van der Waals surface area contributed by atoms with Gasteiger partial charge in [-0.15, -0.1) is 0 Å². The summed E-state index contributed by atoms with van der Waals surface area (Å²) in [4.78, 5) is 38.7. The van der Waals surface area contributed by atoms with E-state index in [4.69, 9.17) is 0 Å². The zero-order chi connectivity index (χ0) is 28.4. The molecule has 3 rings (SSSR count). The van der Waals surface area contributed by atoms with Crippen LogP contribution in [0.25, 0.3) is 0 Å². The summed E-state index contributed by atoms with van der Waals surface area (Å²) in [5.74, 6) is -0.588. The summed E-state index contributed by atoms with van der Waals surface area (Å²) >= 11 is 0.